The molecule has 0 N–H and O–H groups in total. The molecule has 0 aliphatic carbocycles. The topological polar surface area (TPSA) is 34.1 Å². The third kappa shape index (κ3) is 10.0. The van der Waals surface area contributed by atoms with Crippen LogP contribution in [0.1, 0.15) is 12.8 Å². The maximum absolute atomic E-state index is 9.77. The van der Waals surface area contributed by atoms with Crippen LogP contribution in [0, 0.1) is 6.92 Å². The van der Waals surface area contributed by atoms with Gasteiger partial charge in [-0.15, -0.1) is 0 Å². The fourth-order valence-corrected chi connectivity index (χ4v) is 0.723. The summed E-state index contributed by atoms with van der Waals surface area (Å²) >= 11 is 0. The van der Waals surface area contributed by atoms with E-state index in [9.17, 15) is 8.42 Å². The summed E-state index contributed by atoms with van der Waals surface area (Å²) in [5.74, 6) is 0.291. The van der Waals surface area contributed by atoms with Gasteiger partial charge >= 0.3 is 29.6 Å². The van der Waals surface area contributed by atoms with E-state index in [0.29, 0.717) is 18.6 Å². The third-order valence-electron chi connectivity index (χ3n) is 0.591. The van der Waals surface area contributed by atoms with Crippen LogP contribution in [0.4, 0.5) is 0 Å². The molecule has 2 nitrogen and oxygen atoms in total. The molecule has 0 unspecified atom stereocenters. The summed E-state index contributed by atoms with van der Waals surface area (Å²) in [5.41, 5.74) is 0. The fraction of sp³-hybridized carbons (Fsp3) is 0.750. The van der Waals surface area contributed by atoms with Crippen molar-refractivity contribution in [3.8, 4) is 0 Å². The molecule has 0 heterocycles. The zero-order valence-electron chi connectivity index (χ0n) is 4.09. The Bertz CT molecular complexity index is 92.2. The van der Waals surface area contributed by atoms with E-state index >= 15 is 0 Å². The molecule has 8 heavy (non-hydrogen) atoms. The summed E-state index contributed by atoms with van der Waals surface area (Å²) in [6.45, 7) is 3.49. The molecule has 0 aromatic rings. The van der Waals surface area contributed by atoms with Crippen molar-refractivity contribution in [1.82, 2.24) is 0 Å². The summed E-state index contributed by atoms with van der Waals surface area (Å²) in [5, 5.41) is 0. The van der Waals surface area contributed by atoms with E-state index in [1.807, 2.05) is 0 Å². The Balaban J connectivity index is 0. The van der Waals surface area contributed by atoms with Gasteiger partial charge in [0.05, 0.1) is 0 Å². The van der Waals surface area contributed by atoms with Gasteiger partial charge < -0.3 is 0 Å². The van der Waals surface area contributed by atoms with E-state index in [0.717, 1.165) is 0 Å². The van der Waals surface area contributed by atoms with Crippen LogP contribution < -0.4 is 0 Å². The quantitative estimate of drug-likeness (QED) is 0.431. The van der Waals surface area contributed by atoms with Crippen LogP contribution in [-0.4, -0.2) is 43.7 Å². The molecule has 1 radical (unpaired) electrons. The number of unbranched alkanes of at least 4 members (excludes halogenated alkanes) is 1. The molecule has 0 aromatic heterocycles. The summed E-state index contributed by atoms with van der Waals surface area (Å²) in [4.78, 5) is 0. The van der Waals surface area contributed by atoms with Gasteiger partial charge in [-0.1, -0.05) is 13.3 Å². The van der Waals surface area contributed by atoms with Crippen molar-refractivity contribution in [2.24, 2.45) is 0 Å². The fourth-order valence-electron chi connectivity index (χ4n) is 0.241. The summed E-state index contributed by atoms with van der Waals surface area (Å²) in [7, 11) is -2.15. The minimum absolute atomic E-state index is 0. The summed E-state index contributed by atoms with van der Waals surface area (Å²) in [6.07, 6.45) is 1.40. The van der Waals surface area contributed by atoms with Gasteiger partial charge in [-0.2, -0.15) is 0 Å². The van der Waals surface area contributed by atoms with Crippen LogP contribution >= 0.6 is 0 Å². The maximum atomic E-state index is 9.77. The van der Waals surface area contributed by atoms with Crippen molar-refractivity contribution < 1.29 is 8.42 Å². The van der Waals surface area contributed by atoms with E-state index < -0.39 is 10.7 Å². The molecule has 0 aromatic carbocycles. The zero-order chi connectivity index (χ0) is 5.70. The van der Waals surface area contributed by atoms with Crippen LogP contribution in [0.25, 0.3) is 0 Å². The van der Waals surface area contributed by atoms with Gasteiger partial charge in [-0.05, 0) is 6.42 Å². The van der Waals surface area contributed by atoms with Crippen molar-refractivity contribution in [2.75, 3.05) is 5.75 Å². The van der Waals surface area contributed by atoms with Gasteiger partial charge in [0, 0.05) is 5.75 Å². The second-order valence-electron chi connectivity index (χ2n) is 1.26. The van der Waals surface area contributed by atoms with Crippen molar-refractivity contribution >= 4 is 40.3 Å². The van der Waals surface area contributed by atoms with Crippen molar-refractivity contribution in [3.05, 3.63) is 6.92 Å². The van der Waals surface area contributed by atoms with E-state index in [4.69, 9.17) is 0 Å². The van der Waals surface area contributed by atoms with Crippen LogP contribution in [-0.2, 0) is 10.7 Å². The molecule has 4 heteroatoms. The molecule has 0 amide bonds. The number of hydrogen-bond acceptors (Lipinski definition) is 2. The van der Waals surface area contributed by atoms with Gasteiger partial charge in [0.15, 0.2) is 0 Å². The molecule has 0 aliphatic rings. The molecular formula is C4H10NaO2S. The average molecular weight is 145 g/mol. The first kappa shape index (κ1) is 11.7. The Kier molecular flexibility index (Phi) is 11.6. The first-order valence-corrected chi connectivity index (χ1v) is 3.54. The third-order valence-corrected chi connectivity index (χ3v) is 1.27. The van der Waals surface area contributed by atoms with Gasteiger partial charge in [0.2, 0.25) is 0 Å². The normalized spacial score (nSPS) is 8.75. The van der Waals surface area contributed by atoms with Crippen molar-refractivity contribution in [3.63, 3.8) is 0 Å². The van der Waals surface area contributed by atoms with Gasteiger partial charge in [0.1, 0.15) is 10.7 Å². The Morgan fingerprint density at radius 3 is 2.00 bits per heavy atom. The van der Waals surface area contributed by atoms with Gasteiger partial charge in [-0.25, -0.2) is 8.42 Å². The standard InChI is InChI=1S/C4H9O2S.Na.H/c1-2-3-4-7(5)6;;/h7H,1-4H2;;. The van der Waals surface area contributed by atoms with E-state index in [-0.39, 0.29) is 29.6 Å². The number of hydrogen-bond donors (Lipinski definition) is 1. The predicted octanol–water partition coefficient (Wildman–Crippen LogP) is -0.436. The Morgan fingerprint density at radius 2 is 1.88 bits per heavy atom. The second kappa shape index (κ2) is 7.95. The number of rotatable bonds is 3. The predicted molar refractivity (Wildman–Crippen MR) is 36.9 cm³/mol. The van der Waals surface area contributed by atoms with Crippen LogP contribution in [0.15, 0.2) is 0 Å². The molecule has 0 fully saturated rings. The first-order chi connectivity index (χ1) is 3.27. The molecule has 0 aliphatic heterocycles. The molecule has 0 bridgehead atoms. The van der Waals surface area contributed by atoms with Crippen molar-refractivity contribution in [2.45, 2.75) is 12.8 Å². The molecule has 0 atom stereocenters. The molecule has 0 rings (SSSR count). The monoisotopic (exact) mass is 145 g/mol. The molecule has 0 saturated carbocycles. The average Bonchev–Trinajstić information content (AvgIpc) is 1.61. The van der Waals surface area contributed by atoms with Crippen LogP contribution in [0.2, 0.25) is 0 Å². The Hall–Kier alpha value is 0.950. The molecule has 45 valence electrons. The molecular weight excluding hydrogens is 135 g/mol. The van der Waals surface area contributed by atoms with Crippen LogP contribution in [0.3, 0.4) is 0 Å². The van der Waals surface area contributed by atoms with E-state index in [2.05, 4.69) is 6.92 Å². The molecule has 0 spiro atoms. The van der Waals surface area contributed by atoms with E-state index in [1.54, 1.807) is 0 Å². The second-order valence-corrected chi connectivity index (χ2v) is 2.38. The minimum atomic E-state index is -2.15. The van der Waals surface area contributed by atoms with Crippen molar-refractivity contribution in [1.29, 1.82) is 0 Å². The number of thiol groups is 1. The van der Waals surface area contributed by atoms with Gasteiger partial charge in [0.25, 0.3) is 0 Å². The SMILES string of the molecule is [CH2]CCC[SH](=O)=O.[NaH]. The summed E-state index contributed by atoms with van der Waals surface area (Å²) < 4.78 is 19.5. The Morgan fingerprint density at radius 1 is 1.38 bits per heavy atom. The summed E-state index contributed by atoms with van der Waals surface area (Å²) in [6, 6.07) is 0. The van der Waals surface area contributed by atoms with Gasteiger partial charge in [-0.3, -0.25) is 0 Å². The molecule has 0 saturated heterocycles. The Labute approximate surface area is 73.9 Å². The first-order valence-electron chi connectivity index (χ1n) is 2.18. The van der Waals surface area contributed by atoms with Crippen LogP contribution in [0.5, 0.6) is 0 Å². The zero-order valence-corrected chi connectivity index (χ0v) is 4.99. The van der Waals surface area contributed by atoms with E-state index in [1.165, 1.54) is 0 Å².